The lowest BCUT2D eigenvalue weighted by atomic mass is 10.1. The number of aliphatic hydroxyl groups excluding tert-OH is 1. The Morgan fingerprint density at radius 2 is 1.10 bits per heavy atom. The molecule has 0 spiro atoms. The molecule has 5 nitrogen and oxygen atoms in total. The van der Waals surface area contributed by atoms with Crippen molar-refractivity contribution in [2.24, 2.45) is 0 Å². The van der Waals surface area contributed by atoms with Gasteiger partial charge in [0.1, 0.15) is 6.61 Å². The third-order valence-corrected chi connectivity index (χ3v) is 6.70. The third-order valence-electron chi connectivity index (χ3n) is 6.70. The van der Waals surface area contributed by atoms with Gasteiger partial charge in [0.2, 0.25) is 0 Å². The summed E-state index contributed by atoms with van der Waals surface area (Å²) in [6.07, 6.45) is 34.9. The fraction of sp³-hybridized carbons (Fsp3) is 0.765. The van der Waals surface area contributed by atoms with Crippen molar-refractivity contribution in [3.8, 4) is 0 Å². The zero-order valence-corrected chi connectivity index (χ0v) is 25.4. The minimum absolute atomic E-state index is 0.0688. The summed E-state index contributed by atoms with van der Waals surface area (Å²) in [7, 11) is 0. The fourth-order valence-electron chi connectivity index (χ4n) is 4.27. The van der Waals surface area contributed by atoms with E-state index < -0.39 is 6.10 Å². The molecule has 226 valence electrons. The van der Waals surface area contributed by atoms with Crippen LogP contribution in [0.2, 0.25) is 0 Å². The number of rotatable bonds is 28. The van der Waals surface area contributed by atoms with Crippen LogP contribution in [0.5, 0.6) is 0 Å². The summed E-state index contributed by atoms with van der Waals surface area (Å²) < 4.78 is 10.5. The van der Waals surface area contributed by atoms with Gasteiger partial charge < -0.3 is 14.6 Å². The lowest BCUT2D eigenvalue weighted by molar-refractivity contribution is -0.161. The van der Waals surface area contributed by atoms with Crippen LogP contribution in [-0.2, 0) is 19.1 Å². The maximum Gasteiger partial charge on any atom is 0.306 e. The summed E-state index contributed by atoms with van der Waals surface area (Å²) in [4.78, 5) is 24.0. The second-order valence-corrected chi connectivity index (χ2v) is 10.5. The molecule has 0 bridgehead atoms. The van der Waals surface area contributed by atoms with E-state index in [1.54, 1.807) is 0 Å². The summed E-state index contributed by atoms with van der Waals surface area (Å²) in [6.45, 7) is 3.97. The highest BCUT2D eigenvalue weighted by molar-refractivity contribution is 5.70. The number of hydrogen-bond acceptors (Lipinski definition) is 5. The number of ether oxygens (including phenoxy) is 2. The molecule has 39 heavy (non-hydrogen) atoms. The summed E-state index contributed by atoms with van der Waals surface area (Å²) >= 11 is 0. The first-order chi connectivity index (χ1) is 19.1. The van der Waals surface area contributed by atoms with E-state index in [2.05, 4.69) is 50.3 Å². The van der Waals surface area contributed by atoms with Crippen LogP contribution in [-0.4, -0.2) is 36.4 Å². The molecule has 0 heterocycles. The molecule has 0 saturated carbocycles. The molecule has 0 rings (SSSR count). The van der Waals surface area contributed by atoms with Crippen LogP contribution in [0.25, 0.3) is 0 Å². The van der Waals surface area contributed by atoms with Crippen LogP contribution in [0.1, 0.15) is 149 Å². The van der Waals surface area contributed by atoms with Gasteiger partial charge in [-0.05, 0) is 44.9 Å². The number of unbranched alkanes of at least 4 members (excludes halogenated alkanes) is 14. The van der Waals surface area contributed by atoms with Gasteiger partial charge in [0.15, 0.2) is 6.10 Å². The Morgan fingerprint density at radius 3 is 1.67 bits per heavy atom. The topological polar surface area (TPSA) is 72.8 Å². The standard InChI is InChI=1S/C34H60O5/c1-3-5-7-9-11-13-14-15-16-17-18-19-20-21-23-25-27-29-34(37)39-32(30-35)31-38-33(36)28-26-24-22-12-10-8-6-4-2/h5,7,11,13,15-16,32,35H,3-4,6,8-10,12,14,17-31H2,1-2H3/b7-5-,13-11-,16-15-. The molecule has 0 aromatic rings. The molecular weight excluding hydrogens is 488 g/mol. The normalized spacial score (nSPS) is 12.6. The van der Waals surface area contributed by atoms with Crippen molar-refractivity contribution >= 4 is 11.9 Å². The number of carbonyl (C=O) groups is 2. The average Bonchev–Trinajstić information content (AvgIpc) is 2.94. The van der Waals surface area contributed by atoms with Crippen molar-refractivity contribution in [2.45, 2.75) is 155 Å². The van der Waals surface area contributed by atoms with Crippen molar-refractivity contribution in [2.75, 3.05) is 13.2 Å². The first kappa shape index (κ1) is 37.1. The van der Waals surface area contributed by atoms with Gasteiger partial charge in [-0.2, -0.15) is 0 Å². The summed E-state index contributed by atoms with van der Waals surface area (Å²) in [5.41, 5.74) is 0. The molecule has 5 heteroatoms. The van der Waals surface area contributed by atoms with Crippen LogP contribution < -0.4 is 0 Å². The Labute approximate surface area is 240 Å². The zero-order valence-electron chi connectivity index (χ0n) is 25.4. The number of aliphatic hydroxyl groups is 1. The van der Waals surface area contributed by atoms with Crippen LogP contribution in [0, 0.1) is 0 Å². The molecule has 0 aromatic carbocycles. The Balaban J connectivity index is 3.60. The van der Waals surface area contributed by atoms with Gasteiger partial charge in [-0.15, -0.1) is 0 Å². The van der Waals surface area contributed by atoms with E-state index >= 15 is 0 Å². The Hall–Kier alpha value is -1.88. The number of allylic oxidation sites excluding steroid dienone is 6. The average molecular weight is 549 g/mol. The van der Waals surface area contributed by atoms with E-state index in [1.165, 1.54) is 57.8 Å². The molecule has 0 aliphatic heterocycles. The molecule has 0 amide bonds. The molecule has 0 aliphatic rings. The van der Waals surface area contributed by atoms with Crippen molar-refractivity contribution in [3.63, 3.8) is 0 Å². The predicted molar refractivity (Wildman–Crippen MR) is 164 cm³/mol. The van der Waals surface area contributed by atoms with Crippen LogP contribution >= 0.6 is 0 Å². The highest BCUT2D eigenvalue weighted by Crippen LogP contribution is 2.12. The van der Waals surface area contributed by atoms with Crippen molar-refractivity contribution in [1.82, 2.24) is 0 Å². The van der Waals surface area contributed by atoms with Crippen LogP contribution in [0.15, 0.2) is 36.5 Å². The summed E-state index contributed by atoms with van der Waals surface area (Å²) in [6, 6.07) is 0. The van der Waals surface area contributed by atoms with Gasteiger partial charge in [0.25, 0.3) is 0 Å². The van der Waals surface area contributed by atoms with E-state index in [0.29, 0.717) is 12.8 Å². The van der Waals surface area contributed by atoms with Gasteiger partial charge in [-0.1, -0.05) is 127 Å². The SMILES string of the molecule is CC/C=C\C/C=C\C/C=C\CCCCCCCCCC(=O)OC(CO)COC(=O)CCCCCCCCCC. The second kappa shape index (κ2) is 30.7. The summed E-state index contributed by atoms with van der Waals surface area (Å²) in [5.74, 6) is -0.609. The van der Waals surface area contributed by atoms with E-state index in [0.717, 1.165) is 64.2 Å². The number of hydrogen-bond donors (Lipinski definition) is 1. The van der Waals surface area contributed by atoms with Gasteiger partial charge in [0, 0.05) is 12.8 Å². The maximum absolute atomic E-state index is 12.1. The third kappa shape index (κ3) is 28.9. The molecule has 0 aromatic heterocycles. The van der Waals surface area contributed by atoms with Crippen LogP contribution in [0.4, 0.5) is 0 Å². The van der Waals surface area contributed by atoms with Gasteiger partial charge in [0.05, 0.1) is 6.61 Å². The molecule has 1 atom stereocenters. The highest BCUT2D eigenvalue weighted by atomic mass is 16.6. The molecule has 0 fully saturated rings. The van der Waals surface area contributed by atoms with Crippen molar-refractivity contribution in [3.05, 3.63) is 36.5 Å². The van der Waals surface area contributed by atoms with Crippen LogP contribution in [0.3, 0.4) is 0 Å². The zero-order chi connectivity index (χ0) is 28.7. The lowest BCUT2D eigenvalue weighted by Crippen LogP contribution is -2.28. The van der Waals surface area contributed by atoms with E-state index in [1.807, 2.05) is 0 Å². The Bertz CT molecular complexity index is 637. The van der Waals surface area contributed by atoms with E-state index in [-0.39, 0.29) is 25.2 Å². The first-order valence-electron chi connectivity index (χ1n) is 16.0. The minimum Gasteiger partial charge on any atom is -0.462 e. The number of esters is 2. The molecule has 0 radical (unpaired) electrons. The largest absolute Gasteiger partial charge is 0.462 e. The van der Waals surface area contributed by atoms with E-state index in [9.17, 15) is 14.7 Å². The number of carbonyl (C=O) groups excluding carboxylic acids is 2. The quantitative estimate of drug-likeness (QED) is 0.0599. The smallest absolute Gasteiger partial charge is 0.306 e. The summed E-state index contributed by atoms with van der Waals surface area (Å²) in [5, 5.41) is 9.47. The van der Waals surface area contributed by atoms with Crippen molar-refractivity contribution < 1.29 is 24.2 Å². The van der Waals surface area contributed by atoms with Crippen molar-refractivity contribution in [1.29, 1.82) is 0 Å². The van der Waals surface area contributed by atoms with E-state index in [4.69, 9.17) is 9.47 Å². The molecule has 1 N–H and O–H groups in total. The Kier molecular flexibility index (Phi) is 29.2. The predicted octanol–water partition coefficient (Wildman–Crippen LogP) is 9.33. The monoisotopic (exact) mass is 548 g/mol. The molecular formula is C34H60O5. The van der Waals surface area contributed by atoms with Gasteiger partial charge in [-0.3, -0.25) is 9.59 Å². The molecule has 0 saturated heterocycles. The second-order valence-electron chi connectivity index (χ2n) is 10.5. The minimum atomic E-state index is -0.770. The maximum atomic E-state index is 12.1. The molecule has 0 aliphatic carbocycles. The van der Waals surface area contributed by atoms with Gasteiger partial charge in [-0.25, -0.2) is 0 Å². The fourth-order valence-corrected chi connectivity index (χ4v) is 4.27. The Morgan fingerprint density at radius 1 is 0.615 bits per heavy atom. The molecule has 1 unspecified atom stereocenters. The van der Waals surface area contributed by atoms with Gasteiger partial charge >= 0.3 is 11.9 Å². The highest BCUT2D eigenvalue weighted by Gasteiger charge is 2.16. The first-order valence-corrected chi connectivity index (χ1v) is 16.0. The lowest BCUT2D eigenvalue weighted by Gasteiger charge is -2.15.